The van der Waals surface area contributed by atoms with Crippen LogP contribution >= 0.6 is 11.8 Å². The third-order valence-corrected chi connectivity index (χ3v) is 6.40. The van der Waals surface area contributed by atoms with Crippen LogP contribution in [-0.2, 0) is 9.53 Å². The first kappa shape index (κ1) is 19.2. The first-order valence-electron chi connectivity index (χ1n) is 9.27. The number of hydrogen-bond donors (Lipinski definition) is 0. The second-order valence-corrected chi connectivity index (χ2v) is 8.19. The van der Waals surface area contributed by atoms with Crippen LogP contribution in [0.4, 0.5) is 0 Å². The van der Waals surface area contributed by atoms with E-state index in [0.717, 1.165) is 49.4 Å². The topological polar surface area (TPSA) is 49.9 Å². The summed E-state index contributed by atoms with van der Waals surface area (Å²) in [5.74, 6) is 0.332. The molecule has 3 rings (SSSR count). The molecule has 2 amide bonds. The number of nitrogens with zero attached hydrogens (tertiary/aromatic N) is 2. The van der Waals surface area contributed by atoms with Crippen molar-refractivity contribution in [3.8, 4) is 0 Å². The first-order chi connectivity index (χ1) is 12.6. The zero-order valence-electron chi connectivity index (χ0n) is 15.7. The summed E-state index contributed by atoms with van der Waals surface area (Å²) in [4.78, 5) is 30.3. The molecule has 26 heavy (non-hydrogen) atoms. The molecule has 0 aliphatic carbocycles. The molecule has 142 valence electrons. The fourth-order valence-electron chi connectivity index (χ4n) is 4.21. The number of hydrogen-bond acceptors (Lipinski definition) is 4. The Bertz CT molecular complexity index is 666. The number of carbonyl (C=O) groups is 2. The molecule has 1 aromatic rings. The number of thioether (sulfide) groups is 1. The van der Waals surface area contributed by atoms with Crippen molar-refractivity contribution in [2.24, 2.45) is 5.41 Å². The summed E-state index contributed by atoms with van der Waals surface area (Å²) >= 11 is 1.61. The monoisotopic (exact) mass is 376 g/mol. The van der Waals surface area contributed by atoms with Crippen molar-refractivity contribution in [3.63, 3.8) is 0 Å². The minimum atomic E-state index is 0.0316. The van der Waals surface area contributed by atoms with E-state index >= 15 is 0 Å². The lowest BCUT2D eigenvalue weighted by molar-refractivity contribution is -0.139. The number of likely N-dealkylation sites (tertiary alicyclic amines) is 2. The molecule has 2 aliphatic rings. The molecule has 0 radical (unpaired) electrons. The lowest BCUT2D eigenvalue weighted by Gasteiger charge is -2.48. The van der Waals surface area contributed by atoms with Gasteiger partial charge in [-0.25, -0.2) is 0 Å². The van der Waals surface area contributed by atoms with Crippen LogP contribution in [0.15, 0.2) is 29.2 Å². The Morgan fingerprint density at radius 3 is 2.85 bits per heavy atom. The predicted molar refractivity (Wildman–Crippen MR) is 103 cm³/mol. The summed E-state index contributed by atoms with van der Waals surface area (Å²) in [5.41, 5.74) is 0.823. The highest BCUT2D eigenvalue weighted by molar-refractivity contribution is 7.98. The van der Waals surface area contributed by atoms with Crippen molar-refractivity contribution < 1.29 is 14.3 Å². The van der Waals surface area contributed by atoms with Gasteiger partial charge in [-0.15, -0.1) is 11.8 Å². The standard InChI is InChI=1S/C20H28N2O3S/c1-25-13-12-21-14-20(10-8-18(21)23)9-5-11-22(15-20)19(24)16-6-3-4-7-17(16)26-2/h3-4,6-7H,5,8-15H2,1-2H3. The van der Waals surface area contributed by atoms with Crippen LogP contribution < -0.4 is 0 Å². The Balaban J connectivity index is 1.74. The quantitative estimate of drug-likeness (QED) is 0.742. The molecule has 1 atom stereocenters. The average Bonchev–Trinajstić information content (AvgIpc) is 2.68. The lowest BCUT2D eigenvalue weighted by Crippen LogP contribution is -2.55. The van der Waals surface area contributed by atoms with Gasteiger partial charge >= 0.3 is 0 Å². The molecule has 2 heterocycles. The van der Waals surface area contributed by atoms with Gasteiger partial charge in [0.1, 0.15) is 0 Å². The van der Waals surface area contributed by atoms with E-state index in [0.29, 0.717) is 19.6 Å². The maximum Gasteiger partial charge on any atom is 0.255 e. The van der Waals surface area contributed by atoms with E-state index in [1.807, 2.05) is 40.3 Å². The molecule has 0 saturated carbocycles. The van der Waals surface area contributed by atoms with Gasteiger partial charge in [-0.1, -0.05) is 12.1 Å². The van der Waals surface area contributed by atoms with E-state index in [4.69, 9.17) is 4.74 Å². The maximum absolute atomic E-state index is 13.1. The third-order valence-electron chi connectivity index (χ3n) is 5.60. The van der Waals surface area contributed by atoms with Gasteiger partial charge in [0, 0.05) is 50.0 Å². The van der Waals surface area contributed by atoms with Gasteiger partial charge in [-0.3, -0.25) is 9.59 Å². The summed E-state index contributed by atoms with van der Waals surface area (Å²) in [6.45, 7) is 3.48. The summed E-state index contributed by atoms with van der Waals surface area (Å²) in [6.07, 6.45) is 5.54. The molecule has 2 saturated heterocycles. The Morgan fingerprint density at radius 2 is 2.08 bits per heavy atom. The van der Waals surface area contributed by atoms with E-state index in [1.165, 1.54) is 0 Å². The Kier molecular flexibility index (Phi) is 6.24. The summed E-state index contributed by atoms with van der Waals surface area (Å²) < 4.78 is 5.15. The number of amides is 2. The number of ether oxygens (including phenoxy) is 1. The zero-order chi connectivity index (χ0) is 18.6. The van der Waals surface area contributed by atoms with Crippen molar-refractivity contribution in [2.75, 3.05) is 46.2 Å². The SMILES string of the molecule is COCCN1CC2(CCCN(C(=O)c3ccccc3SC)C2)CCC1=O. The van der Waals surface area contributed by atoms with E-state index < -0.39 is 0 Å². The molecular formula is C20H28N2O3S. The van der Waals surface area contributed by atoms with E-state index in [2.05, 4.69) is 0 Å². The predicted octanol–water partition coefficient (Wildman–Crippen LogP) is 2.90. The van der Waals surface area contributed by atoms with E-state index in [1.54, 1.807) is 18.9 Å². The molecule has 6 heteroatoms. The van der Waals surface area contributed by atoms with Crippen LogP contribution in [0.5, 0.6) is 0 Å². The van der Waals surface area contributed by atoms with Crippen molar-refractivity contribution in [2.45, 2.75) is 30.6 Å². The van der Waals surface area contributed by atoms with Crippen molar-refractivity contribution >= 4 is 23.6 Å². The van der Waals surface area contributed by atoms with Gasteiger partial charge in [-0.05, 0) is 37.7 Å². The van der Waals surface area contributed by atoms with E-state index in [-0.39, 0.29) is 17.2 Å². The number of carbonyl (C=O) groups excluding carboxylic acids is 2. The number of rotatable bonds is 5. The lowest BCUT2D eigenvalue weighted by atomic mass is 9.73. The number of methoxy groups -OCH3 is 1. The Labute approximate surface area is 160 Å². The molecule has 1 spiro atoms. The van der Waals surface area contributed by atoms with Crippen LogP contribution in [0.1, 0.15) is 36.0 Å². The number of benzene rings is 1. The van der Waals surface area contributed by atoms with Crippen molar-refractivity contribution in [1.82, 2.24) is 9.80 Å². The molecule has 0 bridgehead atoms. The van der Waals surface area contributed by atoms with Gasteiger partial charge in [0.2, 0.25) is 5.91 Å². The molecule has 1 unspecified atom stereocenters. The second-order valence-electron chi connectivity index (χ2n) is 7.34. The minimum absolute atomic E-state index is 0.0316. The van der Waals surface area contributed by atoms with E-state index in [9.17, 15) is 9.59 Å². The van der Waals surface area contributed by atoms with Gasteiger partial charge in [0.05, 0.1) is 12.2 Å². The first-order valence-corrected chi connectivity index (χ1v) is 10.5. The summed E-state index contributed by atoms with van der Waals surface area (Å²) in [5, 5.41) is 0. The highest BCUT2D eigenvalue weighted by atomic mass is 32.2. The van der Waals surface area contributed by atoms with Crippen LogP contribution in [0.3, 0.4) is 0 Å². The molecule has 2 fully saturated rings. The average molecular weight is 377 g/mol. The van der Waals surface area contributed by atoms with Gasteiger partial charge < -0.3 is 14.5 Å². The zero-order valence-corrected chi connectivity index (χ0v) is 16.5. The fraction of sp³-hybridized carbons (Fsp3) is 0.600. The minimum Gasteiger partial charge on any atom is -0.383 e. The summed E-state index contributed by atoms with van der Waals surface area (Å²) in [6, 6.07) is 7.83. The fourth-order valence-corrected chi connectivity index (χ4v) is 4.80. The molecule has 1 aromatic carbocycles. The second kappa shape index (κ2) is 8.44. The molecule has 0 aromatic heterocycles. The highest BCUT2D eigenvalue weighted by Crippen LogP contribution is 2.39. The maximum atomic E-state index is 13.1. The van der Waals surface area contributed by atoms with Gasteiger partial charge in [-0.2, -0.15) is 0 Å². The molecule has 2 aliphatic heterocycles. The Hall–Kier alpha value is -1.53. The smallest absolute Gasteiger partial charge is 0.255 e. The Morgan fingerprint density at radius 1 is 1.27 bits per heavy atom. The summed E-state index contributed by atoms with van der Waals surface area (Å²) in [7, 11) is 1.66. The van der Waals surface area contributed by atoms with Gasteiger partial charge in [0.25, 0.3) is 5.91 Å². The van der Waals surface area contributed by atoms with Crippen LogP contribution in [0.25, 0.3) is 0 Å². The van der Waals surface area contributed by atoms with Crippen LogP contribution in [-0.4, -0.2) is 67.8 Å². The van der Waals surface area contributed by atoms with Gasteiger partial charge in [0.15, 0.2) is 0 Å². The molecule has 0 N–H and O–H groups in total. The van der Waals surface area contributed by atoms with Crippen LogP contribution in [0, 0.1) is 5.41 Å². The number of piperidine rings is 2. The normalized spacial score (nSPS) is 23.5. The van der Waals surface area contributed by atoms with Crippen molar-refractivity contribution in [3.05, 3.63) is 29.8 Å². The molecule has 5 nitrogen and oxygen atoms in total. The van der Waals surface area contributed by atoms with Crippen molar-refractivity contribution in [1.29, 1.82) is 0 Å². The van der Waals surface area contributed by atoms with Crippen LogP contribution in [0.2, 0.25) is 0 Å². The molecular weight excluding hydrogens is 348 g/mol. The third kappa shape index (κ3) is 4.07. The highest BCUT2D eigenvalue weighted by Gasteiger charge is 2.42. The largest absolute Gasteiger partial charge is 0.383 e.